The second-order valence-corrected chi connectivity index (χ2v) is 12.7. The summed E-state index contributed by atoms with van der Waals surface area (Å²) in [4.78, 5) is 0. The fraction of sp³-hybridized carbons (Fsp3) is 0.478. The highest BCUT2D eigenvalue weighted by Gasteiger charge is 2.50. The summed E-state index contributed by atoms with van der Waals surface area (Å²) < 4.78 is 6.85. The molecule has 0 saturated heterocycles. The molecule has 0 aliphatic carbocycles. The highest BCUT2D eigenvalue weighted by Crippen LogP contribution is 2.37. The molecule has 3 nitrogen and oxygen atoms in total. The van der Waals surface area contributed by atoms with Crippen LogP contribution in [0.25, 0.3) is 0 Å². The smallest absolute Gasteiger partial charge is 0.261 e. The maximum atomic E-state index is 9.45. The van der Waals surface area contributed by atoms with E-state index >= 15 is 0 Å². The summed E-state index contributed by atoms with van der Waals surface area (Å²) in [6, 6.07) is 21.2. The molecule has 0 fully saturated rings. The van der Waals surface area contributed by atoms with Gasteiger partial charge in [-0.2, -0.15) is 0 Å². The van der Waals surface area contributed by atoms with E-state index in [0.29, 0.717) is 6.61 Å². The largest absolute Gasteiger partial charge is 0.407 e. The zero-order valence-electron chi connectivity index (χ0n) is 17.1. The van der Waals surface area contributed by atoms with Crippen molar-refractivity contribution >= 4 is 18.7 Å². The molecule has 148 valence electrons. The third-order valence-corrected chi connectivity index (χ3v) is 10.6. The van der Waals surface area contributed by atoms with Crippen molar-refractivity contribution in [1.29, 1.82) is 0 Å². The Hall–Kier alpha value is -1.46. The maximum Gasteiger partial charge on any atom is 0.261 e. The van der Waals surface area contributed by atoms with Gasteiger partial charge in [0.05, 0.1) is 0 Å². The average Bonchev–Trinajstić information content (AvgIpc) is 2.66. The Kier molecular flexibility index (Phi) is 7.80. The second-order valence-electron chi connectivity index (χ2n) is 8.40. The number of aliphatic hydroxyl groups is 2. The van der Waals surface area contributed by atoms with Gasteiger partial charge in [0.2, 0.25) is 0 Å². The van der Waals surface area contributed by atoms with Gasteiger partial charge in [0, 0.05) is 25.7 Å². The molecule has 0 saturated carbocycles. The topological polar surface area (TPSA) is 49.7 Å². The Balaban J connectivity index is 2.38. The molecule has 2 rings (SSSR count). The van der Waals surface area contributed by atoms with E-state index in [1.54, 1.807) is 0 Å². The molecule has 0 spiro atoms. The van der Waals surface area contributed by atoms with E-state index in [-0.39, 0.29) is 30.1 Å². The summed E-state index contributed by atoms with van der Waals surface area (Å²) >= 11 is 0. The van der Waals surface area contributed by atoms with Crippen molar-refractivity contribution in [3.8, 4) is 0 Å². The van der Waals surface area contributed by atoms with Crippen LogP contribution in [0.2, 0.25) is 5.04 Å². The lowest BCUT2D eigenvalue weighted by atomic mass is 9.93. The quantitative estimate of drug-likeness (QED) is 0.651. The number of rotatable bonds is 9. The Morgan fingerprint density at radius 1 is 0.852 bits per heavy atom. The molecule has 2 aromatic carbocycles. The fourth-order valence-electron chi connectivity index (χ4n) is 3.81. The van der Waals surface area contributed by atoms with Gasteiger partial charge in [-0.05, 0) is 27.8 Å². The Morgan fingerprint density at radius 3 is 1.67 bits per heavy atom. The van der Waals surface area contributed by atoms with Gasteiger partial charge in [0.25, 0.3) is 8.32 Å². The molecule has 4 heteroatoms. The van der Waals surface area contributed by atoms with Crippen molar-refractivity contribution in [1.82, 2.24) is 0 Å². The predicted octanol–water partition coefficient (Wildman–Crippen LogP) is 3.19. The van der Waals surface area contributed by atoms with Crippen LogP contribution in [0.3, 0.4) is 0 Å². The monoisotopic (exact) mass is 386 g/mol. The van der Waals surface area contributed by atoms with Crippen molar-refractivity contribution in [2.75, 3.05) is 19.8 Å². The first-order chi connectivity index (χ1) is 12.9. The molecule has 0 aromatic heterocycles. The summed E-state index contributed by atoms with van der Waals surface area (Å²) in [5.74, 6) is 0.117. The highest BCUT2D eigenvalue weighted by molar-refractivity contribution is 6.99. The minimum atomic E-state index is -2.50. The molecular formula is C23H34O3Si. The minimum Gasteiger partial charge on any atom is -0.407 e. The lowest BCUT2D eigenvalue weighted by Crippen LogP contribution is -2.66. The van der Waals surface area contributed by atoms with Crippen LogP contribution in [0.1, 0.15) is 34.1 Å². The minimum absolute atomic E-state index is 0.0108. The molecule has 0 radical (unpaired) electrons. The normalized spacial score (nSPS) is 13.7. The Morgan fingerprint density at radius 2 is 1.30 bits per heavy atom. The molecule has 0 unspecified atom stereocenters. The van der Waals surface area contributed by atoms with Crippen molar-refractivity contribution in [2.45, 2.75) is 39.2 Å². The van der Waals surface area contributed by atoms with E-state index in [4.69, 9.17) is 4.43 Å². The number of aliphatic hydroxyl groups excluding tert-OH is 2. The maximum absolute atomic E-state index is 9.45. The molecule has 2 aromatic rings. The second kappa shape index (κ2) is 9.65. The lowest BCUT2D eigenvalue weighted by Gasteiger charge is -2.43. The van der Waals surface area contributed by atoms with Crippen molar-refractivity contribution in [3.63, 3.8) is 0 Å². The zero-order chi connectivity index (χ0) is 19.9. The Bertz CT molecular complexity index is 624. The van der Waals surface area contributed by atoms with E-state index in [1.807, 2.05) is 12.1 Å². The number of hydrogen-bond donors (Lipinski definition) is 2. The standard InChI is InChI=1S/C23H34O3Si/c1-19(20(17-24)18-25)15-16-26-27(23(2,3)4,21-11-7-5-8-12-21)22-13-9-6-10-14-22/h5-14,19-20,24-25H,15-18H2,1-4H3/t19-/m0/s1. The molecule has 0 bridgehead atoms. The SMILES string of the molecule is C[C@@H](CCO[Si](c1ccccc1)(c1ccccc1)C(C)(C)C)C(CO)CO. The third-order valence-electron chi connectivity index (χ3n) is 5.58. The van der Waals surface area contributed by atoms with Crippen molar-refractivity contribution in [3.05, 3.63) is 60.7 Å². The summed E-state index contributed by atoms with van der Waals surface area (Å²) in [7, 11) is -2.50. The van der Waals surface area contributed by atoms with E-state index in [1.165, 1.54) is 10.4 Å². The van der Waals surface area contributed by atoms with Gasteiger partial charge in [-0.3, -0.25) is 0 Å². The highest BCUT2D eigenvalue weighted by atomic mass is 28.4. The van der Waals surface area contributed by atoms with E-state index in [0.717, 1.165) is 6.42 Å². The van der Waals surface area contributed by atoms with Crippen LogP contribution >= 0.6 is 0 Å². The molecule has 0 aliphatic heterocycles. The van der Waals surface area contributed by atoms with Crippen LogP contribution < -0.4 is 10.4 Å². The van der Waals surface area contributed by atoms with Gasteiger partial charge in [-0.25, -0.2) is 0 Å². The van der Waals surface area contributed by atoms with Crippen LogP contribution in [0, 0.1) is 11.8 Å². The molecular weight excluding hydrogens is 352 g/mol. The molecule has 0 heterocycles. The molecule has 0 aliphatic rings. The summed E-state index contributed by atoms with van der Waals surface area (Å²) in [6.07, 6.45) is 0.816. The van der Waals surface area contributed by atoms with Gasteiger partial charge in [0.15, 0.2) is 0 Å². The van der Waals surface area contributed by atoms with Gasteiger partial charge in [0.1, 0.15) is 0 Å². The van der Waals surface area contributed by atoms with Crippen molar-refractivity contribution in [2.24, 2.45) is 11.8 Å². The van der Waals surface area contributed by atoms with Crippen LogP contribution in [0.15, 0.2) is 60.7 Å². The number of benzene rings is 2. The summed E-state index contributed by atoms with van der Waals surface area (Å²) in [5, 5.41) is 21.4. The van der Waals surface area contributed by atoms with Crippen molar-refractivity contribution < 1.29 is 14.6 Å². The van der Waals surface area contributed by atoms with Gasteiger partial charge < -0.3 is 14.6 Å². The lowest BCUT2D eigenvalue weighted by molar-refractivity contribution is 0.101. The first-order valence-corrected chi connectivity index (χ1v) is 11.7. The molecule has 0 amide bonds. The molecule has 27 heavy (non-hydrogen) atoms. The first-order valence-electron chi connectivity index (χ1n) is 9.83. The van der Waals surface area contributed by atoms with E-state index in [2.05, 4.69) is 76.2 Å². The van der Waals surface area contributed by atoms with Gasteiger partial charge in [-0.15, -0.1) is 0 Å². The number of hydrogen-bond acceptors (Lipinski definition) is 3. The Labute approximate surface area is 165 Å². The zero-order valence-corrected chi connectivity index (χ0v) is 18.1. The fourth-order valence-corrected chi connectivity index (χ4v) is 8.39. The predicted molar refractivity (Wildman–Crippen MR) is 115 cm³/mol. The molecule has 1 atom stereocenters. The first kappa shape index (κ1) is 21.8. The van der Waals surface area contributed by atoms with Crippen LogP contribution in [-0.4, -0.2) is 38.4 Å². The third kappa shape index (κ3) is 4.88. The van der Waals surface area contributed by atoms with Crippen LogP contribution in [-0.2, 0) is 4.43 Å². The molecule has 2 N–H and O–H groups in total. The summed E-state index contributed by atoms with van der Waals surface area (Å²) in [6.45, 7) is 9.53. The van der Waals surface area contributed by atoms with E-state index < -0.39 is 8.32 Å². The van der Waals surface area contributed by atoms with Crippen LogP contribution in [0.5, 0.6) is 0 Å². The van der Waals surface area contributed by atoms with Gasteiger partial charge in [-0.1, -0.05) is 88.4 Å². The van der Waals surface area contributed by atoms with Gasteiger partial charge >= 0.3 is 0 Å². The average molecular weight is 387 g/mol. The summed E-state index contributed by atoms with van der Waals surface area (Å²) in [5.41, 5.74) is 0. The van der Waals surface area contributed by atoms with E-state index in [9.17, 15) is 10.2 Å². The van der Waals surface area contributed by atoms with Crippen LogP contribution in [0.4, 0.5) is 0 Å².